The number of aromatic nitrogens is 2. The van der Waals surface area contributed by atoms with E-state index in [4.69, 9.17) is 23.2 Å². The molecule has 4 nitrogen and oxygen atoms in total. The standard InChI is InChI=1S/C9H11Cl2N3O/c10-7-5-8(11)13-9(12-7)14-3-1-6(15)2-4-14/h5-6,15H,1-4H2. The number of rotatable bonds is 1. The summed E-state index contributed by atoms with van der Waals surface area (Å²) in [5.74, 6) is 0.541. The summed E-state index contributed by atoms with van der Waals surface area (Å²) in [7, 11) is 0. The molecule has 1 N–H and O–H groups in total. The summed E-state index contributed by atoms with van der Waals surface area (Å²) in [6.45, 7) is 1.47. The molecule has 0 atom stereocenters. The second-order valence-corrected chi connectivity index (χ2v) is 4.31. The fourth-order valence-electron chi connectivity index (χ4n) is 1.59. The summed E-state index contributed by atoms with van der Waals surface area (Å²) >= 11 is 11.6. The molecule has 1 aliphatic heterocycles. The lowest BCUT2D eigenvalue weighted by molar-refractivity contribution is 0.145. The van der Waals surface area contributed by atoms with Crippen LogP contribution in [0.4, 0.5) is 5.95 Å². The quantitative estimate of drug-likeness (QED) is 0.769. The predicted molar refractivity (Wildman–Crippen MR) is 59.5 cm³/mol. The third-order valence-electron chi connectivity index (χ3n) is 2.40. The van der Waals surface area contributed by atoms with Crippen molar-refractivity contribution >= 4 is 29.2 Å². The molecule has 0 amide bonds. The molecule has 2 heterocycles. The van der Waals surface area contributed by atoms with Crippen molar-refractivity contribution in [3.8, 4) is 0 Å². The fourth-order valence-corrected chi connectivity index (χ4v) is 2.00. The zero-order chi connectivity index (χ0) is 10.8. The van der Waals surface area contributed by atoms with Crippen LogP contribution in [0, 0.1) is 0 Å². The summed E-state index contributed by atoms with van der Waals surface area (Å²) in [5.41, 5.74) is 0. The highest BCUT2D eigenvalue weighted by Crippen LogP contribution is 2.20. The van der Waals surface area contributed by atoms with Crippen LogP contribution in [-0.2, 0) is 0 Å². The van der Waals surface area contributed by atoms with Crippen LogP contribution < -0.4 is 4.90 Å². The number of nitrogens with zero attached hydrogens (tertiary/aromatic N) is 3. The van der Waals surface area contributed by atoms with E-state index in [0.29, 0.717) is 16.3 Å². The lowest BCUT2D eigenvalue weighted by atomic mass is 10.1. The van der Waals surface area contributed by atoms with Crippen LogP contribution >= 0.6 is 23.2 Å². The lowest BCUT2D eigenvalue weighted by Crippen LogP contribution is -2.36. The summed E-state index contributed by atoms with van der Waals surface area (Å²) < 4.78 is 0. The number of hydrogen-bond acceptors (Lipinski definition) is 4. The molecule has 82 valence electrons. The van der Waals surface area contributed by atoms with E-state index in [2.05, 4.69) is 9.97 Å². The van der Waals surface area contributed by atoms with Gasteiger partial charge in [-0.2, -0.15) is 0 Å². The Morgan fingerprint density at radius 1 is 1.20 bits per heavy atom. The molecule has 0 radical (unpaired) electrons. The third-order valence-corrected chi connectivity index (χ3v) is 2.79. The molecule has 1 aliphatic rings. The highest BCUT2D eigenvalue weighted by Gasteiger charge is 2.19. The number of aliphatic hydroxyl groups is 1. The molecule has 15 heavy (non-hydrogen) atoms. The van der Waals surface area contributed by atoms with Gasteiger partial charge in [-0.15, -0.1) is 0 Å². The Morgan fingerprint density at radius 3 is 2.27 bits per heavy atom. The second kappa shape index (κ2) is 4.51. The molecule has 0 bridgehead atoms. The van der Waals surface area contributed by atoms with Gasteiger partial charge in [0.05, 0.1) is 6.10 Å². The lowest BCUT2D eigenvalue weighted by Gasteiger charge is -2.29. The fraction of sp³-hybridized carbons (Fsp3) is 0.556. The summed E-state index contributed by atoms with van der Waals surface area (Å²) in [5, 5.41) is 10.1. The monoisotopic (exact) mass is 247 g/mol. The van der Waals surface area contributed by atoms with Crippen LogP contribution in [-0.4, -0.2) is 34.3 Å². The summed E-state index contributed by atoms with van der Waals surface area (Å²) in [6, 6.07) is 1.51. The van der Waals surface area contributed by atoms with E-state index < -0.39 is 0 Å². The van der Waals surface area contributed by atoms with Crippen molar-refractivity contribution < 1.29 is 5.11 Å². The molecule has 1 aromatic rings. The van der Waals surface area contributed by atoms with Crippen LogP contribution in [0.2, 0.25) is 10.3 Å². The van der Waals surface area contributed by atoms with Gasteiger partial charge in [0.25, 0.3) is 0 Å². The van der Waals surface area contributed by atoms with Crippen molar-refractivity contribution in [1.29, 1.82) is 0 Å². The molecule has 0 saturated carbocycles. The highest BCUT2D eigenvalue weighted by atomic mass is 35.5. The molecule has 0 aromatic carbocycles. The van der Waals surface area contributed by atoms with E-state index in [1.54, 1.807) is 0 Å². The van der Waals surface area contributed by atoms with Crippen molar-refractivity contribution in [2.75, 3.05) is 18.0 Å². The first kappa shape index (κ1) is 10.9. The van der Waals surface area contributed by atoms with Crippen molar-refractivity contribution in [1.82, 2.24) is 9.97 Å². The first-order chi connectivity index (χ1) is 7.15. The zero-order valence-corrected chi connectivity index (χ0v) is 9.54. The van der Waals surface area contributed by atoms with E-state index in [-0.39, 0.29) is 6.10 Å². The molecule has 0 aliphatic carbocycles. The normalized spacial score (nSPS) is 18.2. The van der Waals surface area contributed by atoms with E-state index in [1.165, 1.54) is 6.07 Å². The molecular formula is C9H11Cl2N3O. The number of aliphatic hydroxyl groups excluding tert-OH is 1. The highest BCUT2D eigenvalue weighted by molar-refractivity contribution is 6.33. The Bertz CT molecular complexity index is 333. The molecule has 0 spiro atoms. The van der Waals surface area contributed by atoms with Gasteiger partial charge in [-0.3, -0.25) is 0 Å². The van der Waals surface area contributed by atoms with Crippen molar-refractivity contribution in [3.05, 3.63) is 16.4 Å². The Kier molecular flexibility index (Phi) is 3.29. The van der Waals surface area contributed by atoms with E-state index >= 15 is 0 Å². The van der Waals surface area contributed by atoms with Crippen LogP contribution in [0.1, 0.15) is 12.8 Å². The zero-order valence-electron chi connectivity index (χ0n) is 8.03. The van der Waals surface area contributed by atoms with Gasteiger partial charge in [0.15, 0.2) is 0 Å². The van der Waals surface area contributed by atoms with Crippen molar-refractivity contribution in [2.45, 2.75) is 18.9 Å². The smallest absolute Gasteiger partial charge is 0.228 e. The minimum Gasteiger partial charge on any atom is -0.393 e. The van der Waals surface area contributed by atoms with E-state index in [0.717, 1.165) is 25.9 Å². The maximum absolute atomic E-state index is 9.36. The third kappa shape index (κ3) is 2.71. The molecule has 1 fully saturated rings. The minimum absolute atomic E-state index is 0.212. The molecule has 2 rings (SSSR count). The Labute approximate surface area is 97.9 Å². The molecule has 1 saturated heterocycles. The molecular weight excluding hydrogens is 237 g/mol. The van der Waals surface area contributed by atoms with E-state index in [1.807, 2.05) is 4.90 Å². The van der Waals surface area contributed by atoms with Gasteiger partial charge in [-0.1, -0.05) is 23.2 Å². The number of anilines is 1. The van der Waals surface area contributed by atoms with E-state index in [9.17, 15) is 5.11 Å². The Morgan fingerprint density at radius 2 is 1.73 bits per heavy atom. The van der Waals surface area contributed by atoms with Crippen LogP contribution in [0.15, 0.2) is 6.07 Å². The SMILES string of the molecule is OC1CCN(c2nc(Cl)cc(Cl)n2)CC1. The second-order valence-electron chi connectivity index (χ2n) is 3.53. The minimum atomic E-state index is -0.212. The van der Waals surface area contributed by atoms with Crippen molar-refractivity contribution in [3.63, 3.8) is 0 Å². The first-order valence-electron chi connectivity index (χ1n) is 4.78. The van der Waals surface area contributed by atoms with Crippen LogP contribution in [0.3, 0.4) is 0 Å². The number of piperidine rings is 1. The maximum atomic E-state index is 9.36. The average Bonchev–Trinajstić information content (AvgIpc) is 2.17. The van der Waals surface area contributed by atoms with Gasteiger partial charge >= 0.3 is 0 Å². The predicted octanol–water partition coefficient (Wildman–Crippen LogP) is 1.74. The maximum Gasteiger partial charge on any atom is 0.228 e. The van der Waals surface area contributed by atoms with Crippen molar-refractivity contribution in [2.24, 2.45) is 0 Å². The number of hydrogen-bond donors (Lipinski definition) is 1. The molecule has 0 unspecified atom stereocenters. The topological polar surface area (TPSA) is 49.2 Å². The largest absolute Gasteiger partial charge is 0.393 e. The van der Waals surface area contributed by atoms with Gasteiger partial charge in [0, 0.05) is 19.2 Å². The van der Waals surface area contributed by atoms with Gasteiger partial charge in [-0.05, 0) is 12.8 Å². The first-order valence-corrected chi connectivity index (χ1v) is 5.54. The van der Waals surface area contributed by atoms with Gasteiger partial charge in [-0.25, -0.2) is 9.97 Å². The van der Waals surface area contributed by atoms with Crippen LogP contribution in [0.25, 0.3) is 0 Å². The van der Waals surface area contributed by atoms with Gasteiger partial charge in [0.1, 0.15) is 10.3 Å². The van der Waals surface area contributed by atoms with Gasteiger partial charge < -0.3 is 10.0 Å². The van der Waals surface area contributed by atoms with Gasteiger partial charge in [0.2, 0.25) is 5.95 Å². The average molecular weight is 248 g/mol. The summed E-state index contributed by atoms with van der Waals surface area (Å²) in [4.78, 5) is 10.2. The molecule has 1 aromatic heterocycles. The Hall–Kier alpha value is -0.580. The Balaban J connectivity index is 2.15. The summed E-state index contributed by atoms with van der Waals surface area (Å²) in [6.07, 6.45) is 1.25. The van der Waals surface area contributed by atoms with Crippen LogP contribution in [0.5, 0.6) is 0 Å². The number of halogens is 2. The molecule has 6 heteroatoms.